The van der Waals surface area contributed by atoms with Gasteiger partial charge in [0, 0.05) is 47.6 Å². The van der Waals surface area contributed by atoms with Crippen LogP contribution >= 0.6 is 15.9 Å². The first kappa shape index (κ1) is 21.5. The Morgan fingerprint density at radius 1 is 1.18 bits per heavy atom. The van der Waals surface area contributed by atoms with Crippen molar-refractivity contribution in [1.82, 2.24) is 19.2 Å². The number of benzene rings is 2. The third-order valence-corrected chi connectivity index (χ3v) is 6.90. The van der Waals surface area contributed by atoms with Crippen molar-refractivity contribution in [2.75, 3.05) is 13.6 Å². The minimum Gasteiger partial charge on any atom is -0.502 e. The molecule has 0 radical (unpaired) electrons. The summed E-state index contributed by atoms with van der Waals surface area (Å²) in [6, 6.07) is 16.0. The lowest BCUT2D eigenvalue weighted by Crippen LogP contribution is -2.45. The van der Waals surface area contributed by atoms with Crippen LogP contribution in [0.3, 0.4) is 0 Å². The number of carbonyl (C=O) groups is 1. The lowest BCUT2D eigenvalue weighted by molar-refractivity contribution is 0.0686. The minimum atomic E-state index is -0.660. The standard InChI is InChI=1S/C25H23BrN4O3/c1-3-29-13-18(17-10-9-16(26)11-19(17)29)22(15-7-5-4-6-8-15)20-14-28(2)25(33)23-24(32)21(31)12-27-30(20)23/h4-13,20,22,32H,3,14H2,1-2H3. The third-order valence-electron chi connectivity index (χ3n) is 6.40. The highest BCUT2D eigenvalue weighted by Crippen LogP contribution is 2.42. The Labute approximate surface area is 199 Å². The average Bonchev–Trinajstić information content (AvgIpc) is 3.17. The van der Waals surface area contributed by atoms with E-state index < -0.39 is 17.1 Å². The van der Waals surface area contributed by atoms with Crippen LogP contribution in [0.2, 0.25) is 0 Å². The number of hydrogen-bond donors (Lipinski definition) is 1. The molecule has 0 saturated heterocycles. The second kappa shape index (κ2) is 8.19. The summed E-state index contributed by atoms with van der Waals surface area (Å²) in [6.45, 7) is 3.30. The zero-order valence-electron chi connectivity index (χ0n) is 18.3. The summed E-state index contributed by atoms with van der Waals surface area (Å²) in [5, 5.41) is 15.9. The van der Waals surface area contributed by atoms with Crippen LogP contribution in [0.15, 0.2) is 70.2 Å². The molecule has 1 aliphatic rings. The van der Waals surface area contributed by atoms with Gasteiger partial charge >= 0.3 is 0 Å². The Morgan fingerprint density at radius 2 is 1.94 bits per heavy atom. The van der Waals surface area contributed by atoms with E-state index in [9.17, 15) is 14.7 Å². The zero-order chi connectivity index (χ0) is 23.3. The maximum absolute atomic E-state index is 12.9. The molecule has 0 aliphatic carbocycles. The molecule has 0 spiro atoms. The largest absolute Gasteiger partial charge is 0.502 e. The predicted molar refractivity (Wildman–Crippen MR) is 130 cm³/mol. The van der Waals surface area contributed by atoms with Gasteiger partial charge in [-0.25, -0.2) is 0 Å². The number of amides is 1. The van der Waals surface area contributed by atoms with E-state index in [1.165, 1.54) is 4.68 Å². The van der Waals surface area contributed by atoms with E-state index >= 15 is 0 Å². The van der Waals surface area contributed by atoms with Crippen LogP contribution in [-0.4, -0.2) is 43.9 Å². The molecule has 3 heterocycles. The van der Waals surface area contributed by atoms with E-state index in [0.29, 0.717) is 6.54 Å². The van der Waals surface area contributed by atoms with Gasteiger partial charge in [0.25, 0.3) is 5.91 Å². The molecule has 2 atom stereocenters. The molecule has 0 bridgehead atoms. The van der Waals surface area contributed by atoms with Crippen molar-refractivity contribution in [2.24, 2.45) is 0 Å². The van der Waals surface area contributed by atoms with Crippen molar-refractivity contribution < 1.29 is 9.90 Å². The number of aromatic hydroxyl groups is 1. The molecule has 2 unspecified atom stereocenters. The summed E-state index contributed by atoms with van der Waals surface area (Å²) in [7, 11) is 1.68. The smallest absolute Gasteiger partial charge is 0.275 e. The molecule has 4 aromatic rings. The van der Waals surface area contributed by atoms with Gasteiger partial charge in [0.2, 0.25) is 5.43 Å². The fraction of sp³-hybridized carbons (Fsp3) is 0.240. The quantitative estimate of drug-likeness (QED) is 0.450. The summed E-state index contributed by atoms with van der Waals surface area (Å²) in [6.07, 6.45) is 3.24. The zero-order valence-corrected chi connectivity index (χ0v) is 19.9. The van der Waals surface area contributed by atoms with Gasteiger partial charge in [-0.2, -0.15) is 5.10 Å². The fourth-order valence-corrected chi connectivity index (χ4v) is 5.20. The highest BCUT2D eigenvalue weighted by Gasteiger charge is 2.39. The molecule has 168 valence electrons. The number of halogens is 1. The highest BCUT2D eigenvalue weighted by molar-refractivity contribution is 9.10. The summed E-state index contributed by atoms with van der Waals surface area (Å²) in [5.41, 5.74) is 2.55. The molecule has 8 heteroatoms. The highest BCUT2D eigenvalue weighted by atomic mass is 79.9. The van der Waals surface area contributed by atoms with Crippen molar-refractivity contribution in [3.8, 4) is 5.75 Å². The van der Waals surface area contributed by atoms with Gasteiger partial charge in [0.1, 0.15) is 0 Å². The van der Waals surface area contributed by atoms with Gasteiger partial charge in [-0.15, -0.1) is 0 Å². The number of fused-ring (bicyclic) bond motifs is 2. The average molecular weight is 507 g/mol. The van der Waals surface area contributed by atoms with Gasteiger partial charge < -0.3 is 14.6 Å². The van der Waals surface area contributed by atoms with Gasteiger partial charge in [-0.05, 0) is 30.2 Å². The first-order valence-electron chi connectivity index (χ1n) is 10.8. The second-order valence-electron chi connectivity index (χ2n) is 8.32. The molecule has 7 nitrogen and oxygen atoms in total. The number of aromatic nitrogens is 3. The molecule has 33 heavy (non-hydrogen) atoms. The third kappa shape index (κ3) is 3.45. The van der Waals surface area contributed by atoms with E-state index in [1.54, 1.807) is 11.9 Å². The molecule has 1 N–H and O–H groups in total. The fourth-order valence-electron chi connectivity index (χ4n) is 4.85. The molecule has 5 rings (SSSR count). The Bertz CT molecular complexity index is 1430. The molecule has 0 fully saturated rings. The molecular weight excluding hydrogens is 484 g/mol. The number of hydrogen-bond acceptors (Lipinski definition) is 4. The SMILES string of the molecule is CCn1cc(C(c2ccccc2)C2CN(C)C(=O)c3c(O)c(=O)cnn32)c2ccc(Br)cc21. The van der Waals surface area contributed by atoms with Crippen molar-refractivity contribution in [3.63, 3.8) is 0 Å². The first-order chi connectivity index (χ1) is 15.9. The molecule has 2 aromatic heterocycles. The Morgan fingerprint density at radius 3 is 2.67 bits per heavy atom. The molecular formula is C25H23BrN4O3. The van der Waals surface area contributed by atoms with Crippen LogP contribution in [-0.2, 0) is 6.54 Å². The van der Waals surface area contributed by atoms with E-state index in [0.717, 1.165) is 39.2 Å². The van der Waals surface area contributed by atoms with Crippen molar-refractivity contribution in [2.45, 2.75) is 25.4 Å². The van der Waals surface area contributed by atoms with Crippen molar-refractivity contribution in [3.05, 3.63) is 92.4 Å². The maximum atomic E-state index is 12.9. The lowest BCUT2D eigenvalue weighted by Gasteiger charge is -2.37. The molecule has 0 saturated carbocycles. The summed E-state index contributed by atoms with van der Waals surface area (Å²) in [5.74, 6) is -1.15. The van der Waals surface area contributed by atoms with E-state index in [1.807, 2.05) is 24.3 Å². The van der Waals surface area contributed by atoms with Crippen LogP contribution in [0.25, 0.3) is 10.9 Å². The van der Waals surface area contributed by atoms with Crippen LogP contribution in [0.1, 0.15) is 40.5 Å². The normalized spacial score (nSPS) is 16.8. The first-order valence-corrected chi connectivity index (χ1v) is 11.6. The van der Waals surface area contributed by atoms with Crippen LogP contribution < -0.4 is 5.43 Å². The van der Waals surface area contributed by atoms with Crippen molar-refractivity contribution >= 4 is 32.7 Å². The Kier molecular flexibility index (Phi) is 5.32. The monoisotopic (exact) mass is 506 g/mol. The van der Waals surface area contributed by atoms with Crippen LogP contribution in [0, 0.1) is 0 Å². The number of aryl methyl sites for hydroxylation is 1. The molecule has 1 aliphatic heterocycles. The number of nitrogens with zero attached hydrogens (tertiary/aromatic N) is 4. The number of carbonyl (C=O) groups excluding carboxylic acids is 1. The summed E-state index contributed by atoms with van der Waals surface area (Å²) < 4.78 is 4.74. The van der Waals surface area contributed by atoms with E-state index in [4.69, 9.17) is 0 Å². The Balaban J connectivity index is 1.80. The van der Waals surface area contributed by atoms with Gasteiger partial charge in [0.15, 0.2) is 11.4 Å². The molecule has 2 aromatic carbocycles. The lowest BCUT2D eigenvalue weighted by atomic mass is 9.83. The van der Waals surface area contributed by atoms with Gasteiger partial charge in [0.05, 0.1) is 12.2 Å². The van der Waals surface area contributed by atoms with Gasteiger partial charge in [-0.1, -0.05) is 52.3 Å². The van der Waals surface area contributed by atoms with E-state index in [-0.39, 0.29) is 17.7 Å². The molecule has 1 amide bonds. The van der Waals surface area contributed by atoms with Gasteiger partial charge in [-0.3, -0.25) is 14.3 Å². The van der Waals surface area contributed by atoms with E-state index in [2.05, 4.69) is 63.0 Å². The van der Waals surface area contributed by atoms with Crippen molar-refractivity contribution in [1.29, 1.82) is 0 Å². The number of likely N-dealkylation sites (N-methyl/N-ethyl adjacent to an activating group) is 1. The number of rotatable bonds is 4. The topological polar surface area (TPSA) is 80.4 Å². The maximum Gasteiger partial charge on any atom is 0.275 e. The van der Waals surface area contributed by atoms with Crippen LogP contribution in [0.5, 0.6) is 5.75 Å². The second-order valence-corrected chi connectivity index (χ2v) is 9.24. The Hall–Kier alpha value is -3.39. The minimum absolute atomic E-state index is 0.0656. The summed E-state index contributed by atoms with van der Waals surface area (Å²) >= 11 is 3.59. The summed E-state index contributed by atoms with van der Waals surface area (Å²) in [4.78, 5) is 26.5. The van der Waals surface area contributed by atoms with Crippen LogP contribution in [0.4, 0.5) is 0 Å². The predicted octanol–water partition coefficient (Wildman–Crippen LogP) is 4.14.